The predicted octanol–water partition coefficient (Wildman–Crippen LogP) is 3.61. The van der Waals surface area contributed by atoms with E-state index in [-0.39, 0.29) is 28.7 Å². The van der Waals surface area contributed by atoms with Crippen LogP contribution in [-0.4, -0.2) is 12.6 Å². The first kappa shape index (κ1) is 16.1. The van der Waals surface area contributed by atoms with Gasteiger partial charge in [0.15, 0.2) is 0 Å². The Hall–Kier alpha value is -2.23. The Morgan fingerprint density at radius 2 is 2.18 bits per heavy atom. The number of halogens is 1. The van der Waals surface area contributed by atoms with Crippen LogP contribution in [0.15, 0.2) is 24.3 Å². The molecule has 2 rings (SSSR count). The number of rotatable bonds is 5. The molecule has 0 aliphatic heterocycles. The van der Waals surface area contributed by atoms with E-state index in [1.807, 2.05) is 6.07 Å². The number of para-hydroxylation sites is 1. The molecule has 2 N–H and O–H groups in total. The largest absolute Gasteiger partial charge is 0.487 e. The third-order valence-electron chi connectivity index (χ3n) is 2.82. The van der Waals surface area contributed by atoms with E-state index in [9.17, 15) is 10.1 Å². The first-order valence-corrected chi connectivity index (χ1v) is 7.63. The SMILES string of the molecule is CCOC(=O)c1sc(N)c(C#N)c1COc1ccccc1Cl. The number of ether oxygens (including phenoxy) is 2. The predicted molar refractivity (Wildman–Crippen MR) is 85.2 cm³/mol. The van der Waals surface area contributed by atoms with E-state index >= 15 is 0 Å². The van der Waals surface area contributed by atoms with Crippen LogP contribution in [0.5, 0.6) is 5.75 Å². The smallest absolute Gasteiger partial charge is 0.348 e. The molecular formula is C15H13ClN2O3S. The van der Waals surface area contributed by atoms with Gasteiger partial charge in [0, 0.05) is 5.56 Å². The number of carbonyl (C=O) groups excluding carboxylic acids is 1. The monoisotopic (exact) mass is 336 g/mol. The number of hydrogen-bond donors (Lipinski definition) is 1. The summed E-state index contributed by atoms with van der Waals surface area (Å²) >= 11 is 7.04. The average molecular weight is 337 g/mol. The molecule has 0 aliphatic carbocycles. The van der Waals surface area contributed by atoms with Gasteiger partial charge < -0.3 is 15.2 Å². The van der Waals surface area contributed by atoms with Crippen LogP contribution in [-0.2, 0) is 11.3 Å². The van der Waals surface area contributed by atoms with Gasteiger partial charge in [-0.3, -0.25) is 0 Å². The molecule has 2 aromatic rings. The van der Waals surface area contributed by atoms with Crippen LogP contribution in [0.2, 0.25) is 5.02 Å². The van der Waals surface area contributed by atoms with Gasteiger partial charge in [0.05, 0.1) is 17.2 Å². The van der Waals surface area contributed by atoms with E-state index in [1.165, 1.54) is 0 Å². The molecule has 0 saturated carbocycles. The van der Waals surface area contributed by atoms with E-state index < -0.39 is 5.97 Å². The van der Waals surface area contributed by atoms with Crippen molar-refractivity contribution in [3.05, 3.63) is 45.3 Å². The van der Waals surface area contributed by atoms with Gasteiger partial charge in [0.25, 0.3) is 0 Å². The highest BCUT2D eigenvalue weighted by Gasteiger charge is 2.23. The van der Waals surface area contributed by atoms with Gasteiger partial charge in [-0.15, -0.1) is 11.3 Å². The first-order valence-electron chi connectivity index (χ1n) is 6.44. The molecule has 1 aromatic carbocycles. The molecule has 0 unspecified atom stereocenters. The van der Waals surface area contributed by atoms with Gasteiger partial charge in [-0.1, -0.05) is 23.7 Å². The van der Waals surface area contributed by atoms with Crippen LogP contribution < -0.4 is 10.5 Å². The van der Waals surface area contributed by atoms with Crippen molar-refractivity contribution in [2.75, 3.05) is 12.3 Å². The van der Waals surface area contributed by atoms with Crippen molar-refractivity contribution in [1.29, 1.82) is 5.26 Å². The highest BCUT2D eigenvalue weighted by atomic mass is 35.5. The second-order valence-corrected chi connectivity index (χ2v) is 5.66. The molecule has 0 fully saturated rings. The highest BCUT2D eigenvalue weighted by Crippen LogP contribution is 2.33. The molecule has 1 heterocycles. The lowest BCUT2D eigenvalue weighted by Gasteiger charge is -2.09. The quantitative estimate of drug-likeness (QED) is 0.843. The summed E-state index contributed by atoms with van der Waals surface area (Å²) in [5.41, 5.74) is 6.45. The Bertz CT molecular complexity index is 737. The normalized spacial score (nSPS) is 10.0. The fraction of sp³-hybridized carbons (Fsp3) is 0.200. The molecule has 5 nitrogen and oxygen atoms in total. The number of hydrogen-bond acceptors (Lipinski definition) is 6. The molecule has 114 valence electrons. The highest BCUT2D eigenvalue weighted by molar-refractivity contribution is 7.18. The second-order valence-electron chi connectivity index (χ2n) is 4.20. The van der Waals surface area contributed by atoms with Crippen LogP contribution in [0.1, 0.15) is 27.7 Å². The summed E-state index contributed by atoms with van der Waals surface area (Å²) in [6.07, 6.45) is 0. The van der Waals surface area contributed by atoms with E-state index in [2.05, 4.69) is 0 Å². The summed E-state index contributed by atoms with van der Waals surface area (Å²) in [6, 6.07) is 8.95. The van der Waals surface area contributed by atoms with Crippen LogP contribution in [0, 0.1) is 11.3 Å². The molecule has 0 aliphatic rings. The summed E-state index contributed by atoms with van der Waals surface area (Å²) in [5, 5.41) is 9.93. The lowest BCUT2D eigenvalue weighted by molar-refractivity contribution is 0.0529. The molecular weight excluding hydrogens is 324 g/mol. The summed E-state index contributed by atoms with van der Waals surface area (Å²) in [6.45, 7) is 1.96. The van der Waals surface area contributed by atoms with E-state index in [4.69, 9.17) is 26.8 Å². The molecule has 0 spiro atoms. The topological polar surface area (TPSA) is 85.3 Å². The fourth-order valence-corrected chi connectivity index (χ4v) is 2.93. The third-order valence-corrected chi connectivity index (χ3v) is 4.17. The molecule has 0 saturated heterocycles. The Morgan fingerprint density at radius 3 is 2.82 bits per heavy atom. The maximum atomic E-state index is 12.0. The number of benzene rings is 1. The Labute approximate surface area is 136 Å². The maximum Gasteiger partial charge on any atom is 0.348 e. The zero-order valence-electron chi connectivity index (χ0n) is 11.8. The standard InChI is InChI=1S/C15H13ClN2O3S/c1-2-20-15(19)13-10(9(7-17)14(18)22-13)8-21-12-6-4-3-5-11(12)16/h3-6H,2,8,18H2,1H3. The molecule has 1 aromatic heterocycles. The van der Waals surface area contributed by atoms with Crippen molar-refractivity contribution in [3.63, 3.8) is 0 Å². The molecule has 0 bridgehead atoms. The van der Waals surface area contributed by atoms with Gasteiger partial charge in [-0.2, -0.15) is 5.26 Å². The Balaban J connectivity index is 2.31. The lowest BCUT2D eigenvalue weighted by atomic mass is 10.1. The zero-order chi connectivity index (χ0) is 16.1. The van der Waals surface area contributed by atoms with Gasteiger partial charge >= 0.3 is 5.97 Å². The molecule has 0 amide bonds. The van der Waals surface area contributed by atoms with Crippen molar-refractivity contribution < 1.29 is 14.3 Å². The second kappa shape index (κ2) is 7.16. The number of anilines is 1. The number of nitrogens with zero attached hydrogens (tertiary/aromatic N) is 1. The maximum absolute atomic E-state index is 12.0. The molecule has 7 heteroatoms. The van der Waals surface area contributed by atoms with Crippen LogP contribution >= 0.6 is 22.9 Å². The van der Waals surface area contributed by atoms with E-state index in [0.29, 0.717) is 16.3 Å². The first-order chi connectivity index (χ1) is 10.6. The van der Waals surface area contributed by atoms with E-state index in [1.54, 1.807) is 31.2 Å². The van der Waals surface area contributed by atoms with E-state index in [0.717, 1.165) is 11.3 Å². The lowest BCUT2D eigenvalue weighted by Crippen LogP contribution is -2.08. The molecule has 0 radical (unpaired) electrons. The molecule has 0 atom stereocenters. The number of esters is 1. The summed E-state index contributed by atoms with van der Waals surface area (Å²) in [4.78, 5) is 12.2. The number of nitriles is 1. The van der Waals surface area contributed by atoms with Crippen LogP contribution in [0.3, 0.4) is 0 Å². The Morgan fingerprint density at radius 1 is 1.45 bits per heavy atom. The number of carbonyl (C=O) groups is 1. The summed E-state index contributed by atoms with van der Waals surface area (Å²) in [7, 11) is 0. The minimum absolute atomic E-state index is 0.00841. The minimum Gasteiger partial charge on any atom is -0.487 e. The van der Waals surface area contributed by atoms with Gasteiger partial charge in [0.2, 0.25) is 0 Å². The summed E-state index contributed by atoms with van der Waals surface area (Å²) < 4.78 is 10.6. The number of nitrogens with two attached hydrogens (primary N) is 1. The van der Waals surface area contributed by atoms with Crippen molar-refractivity contribution >= 4 is 33.9 Å². The van der Waals surface area contributed by atoms with Gasteiger partial charge in [-0.05, 0) is 19.1 Å². The third kappa shape index (κ3) is 3.32. The summed E-state index contributed by atoms with van der Waals surface area (Å²) in [5.74, 6) is -0.0499. The van der Waals surface area contributed by atoms with Crippen molar-refractivity contribution in [2.24, 2.45) is 0 Å². The van der Waals surface area contributed by atoms with Gasteiger partial charge in [0.1, 0.15) is 28.3 Å². The van der Waals surface area contributed by atoms with Crippen molar-refractivity contribution in [1.82, 2.24) is 0 Å². The number of thiophene rings is 1. The zero-order valence-corrected chi connectivity index (χ0v) is 13.3. The van der Waals surface area contributed by atoms with Crippen molar-refractivity contribution in [2.45, 2.75) is 13.5 Å². The fourth-order valence-electron chi connectivity index (χ4n) is 1.82. The average Bonchev–Trinajstić information content (AvgIpc) is 2.82. The molecule has 22 heavy (non-hydrogen) atoms. The van der Waals surface area contributed by atoms with Gasteiger partial charge in [-0.25, -0.2) is 4.79 Å². The van der Waals surface area contributed by atoms with Crippen LogP contribution in [0.4, 0.5) is 5.00 Å². The Kier molecular flexibility index (Phi) is 5.26. The minimum atomic E-state index is -0.515. The van der Waals surface area contributed by atoms with Crippen molar-refractivity contribution in [3.8, 4) is 11.8 Å². The van der Waals surface area contributed by atoms with Crippen LogP contribution in [0.25, 0.3) is 0 Å². The number of nitrogen functional groups attached to an aromatic ring is 1.